The molecule has 0 aliphatic carbocycles. The van der Waals surface area contributed by atoms with E-state index in [1.54, 1.807) is 22.7 Å². The smallest absolute Gasteiger partial charge is 0.233 e. The zero-order chi connectivity index (χ0) is 12.4. The van der Waals surface area contributed by atoms with E-state index >= 15 is 0 Å². The van der Waals surface area contributed by atoms with Gasteiger partial charge >= 0.3 is 0 Å². The second-order valence-electron chi connectivity index (χ2n) is 3.41. The normalized spacial score (nSPS) is 16.5. The van der Waals surface area contributed by atoms with E-state index in [9.17, 15) is 4.79 Å². The molecule has 90 valence electrons. The van der Waals surface area contributed by atoms with Crippen molar-refractivity contribution in [1.29, 1.82) is 0 Å². The van der Waals surface area contributed by atoms with Crippen molar-refractivity contribution in [3.05, 3.63) is 23.2 Å². The lowest BCUT2D eigenvalue weighted by molar-refractivity contribution is -0.117. The largest absolute Gasteiger partial charge is 0.274 e. The molecule has 0 saturated carbocycles. The second-order valence-corrected chi connectivity index (χ2v) is 6.40. The van der Waals surface area contributed by atoms with Crippen LogP contribution in [-0.2, 0) is 4.79 Å². The molecule has 1 aromatic carbocycles. The molecule has 0 spiro atoms. The number of carbonyl (C=O) groups excluding carboxylic acids is 1. The number of hydrogen-bond donors (Lipinski definition) is 0. The Morgan fingerprint density at radius 3 is 2.88 bits per heavy atom. The van der Waals surface area contributed by atoms with Crippen LogP contribution in [0.1, 0.15) is 6.42 Å². The number of amides is 1. The molecule has 1 heterocycles. The summed E-state index contributed by atoms with van der Waals surface area (Å²) >= 11 is 14.5. The van der Waals surface area contributed by atoms with Gasteiger partial charge in [-0.25, -0.2) is 0 Å². The fourth-order valence-electron chi connectivity index (χ4n) is 1.55. The molecule has 1 aliphatic heterocycles. The van der Waals surface area contributed by atoms with Crippen LogP contribution >= 0.6 is 47.3 Å². The molecule has 0 aromatic heterocycles. The summed E-state index contributed by atoms with van der Waals surface area (Å²) < 4.78 is 0.606. The van der Waals surface area contributed by atoms with Gasteiger partial charge < -0.3 is 0 Å². The Kier molecular flexibility index (Phi) is 4.36. The highest BCUT2D eigenvalue weighted by Gasteiger charge is 2.25. The molecule has 0 unspecified atom stereocenters. The number of benzene rings is 1. The van der Waals surface area contributed by atoms with Crippen molar-refractivity contribution in [2.24, 2.45) is 0 Å². The van der Waals surface area contributed by atoms with Gasteiger partial charge in [-0.2, -0.15) is 0 Å². The molecule has 17 heavy (non-hydrogen) atoms. The molecular formula is C11H10ClNOS3. The van der Waals surface area contributed by atoms with Crippen LogP contribution in [0.15, 0.2) is 23.1 Å². The van der Waals surface area contributed by atoms with Crippen LogP contribution < -0.4 is 4.90 Å². The SMILES string of the molecule is CSc1ccc(N2C(=O)CCSC2=S)cc1Cl. The third-order valence-electron chi connectivity index (χ3n) is 2.37. The predicted octanol–water partition coefficient (Wildman–Crippen LogP) is 3.82. The number of carbonyl (C=O) groups is 1. The van der Waals surface area contributed by atoms with Gasteiger partial charge in [0, 0.05) is 17.1 Å². The molecular weight excluding hydrogens is 294 g/mol. The van der Waals surface area contributed by atoms with Crippen LogP contribution in [0.4, 0.5) is 5.69 Å². The zero-order valence-electron chi connectivity index (χ0n) is 9.10. The molecule has 0 N–H and O–H groups in total. The van der Waals surface area contributed by atoms with E-state index in [4.69, 9.17) is 23.8 Å². The lowest BCUT2D eigenvalue weighted by atomic mass is 10.2. The Morgan fingerprint density at radius 2 is 2.29 bits per heavy atom. The van der Waals surface area contributed by atoms with Crippen molar-refractivity contribution < 1.29 is 4.79 Å². The molecule has 0 radical (unpaired) electrons. The minimum atomic E-state index is 0.0433. The van der Waals surface area contributed by atoms with Crippen molar-refractivity contribution in [2.45, 2.75) is 11.3 Å². The van der Waals surface area contributed by atoms with E-state index in [2.05, 4.69) is 0 Å². The van der Waals surface area contributed by atoms with Crippen LogP contribution in [-0.4, -0.2) is 22.2 Å². The van der Waals surface area contributed by atoms with E-state index in [1.807, 2.05) is 18.4 Å². The van der Waals surface area contributed by atoms with Gasteiger partial charge in [0.05, 0.1) is 10.7 Å². The Morgan fingerprint density at radius 1 is 1.53 bits per heavy atom. The number of rotatable bonds is 2. The number of thiocarbonyl (C=S) groups is 1. The number of nitrogens with zero attached hydrogens (tertiary/aromatic N) is 1. The fourth-order valence-corrected chi connectivity index (χ4v) is 3.66. The topological polar surface area (TPSA) is 20.3 Å². The zero-order valence-corrected chi connectivity index (χ0v) is 12.3. The summed E-state index contributed by atoms with van der Waals surface area (Å²) in [6.07, 6.45) is 2.49. The van der Waals surface area contributed by atoms with Crippen LogP contribution in [0, 0.1) is 0 Å². The second kappa shape index (κ2) is 5.61. The van der Waals surface area contributed by atoms with Gasteiger partial charge in [0.2, 0.25) is 5.91 Å². The van der Waals surface area contributed by atoms with Crippen molar-refractivity contribution >= 4 is 63.3 Å². The summed E-state index contributed by atoms with van der Waals surface area (Å²) in [5.41, 5.74) is 0.759. The molecule has 0 atom stereocenters. The summed E-state index contributed by atoms with van der Waals surface area (Å²) in [5, 5.41) is 0.654. The maximum absolute atomic E-state index is 11.8. The average Bonchev–Trinajstić information content (AvgIpc) is 2.29. The average molecular weight is 304 g/mol. The summed E-state index contributed by atoms with van der Waals surface area (Å²) in [7, 11) is 0. The van der Waals surface area contributed by atoms with E-state index in [0.29, 0.717) is 15.8 Å². The van der Waals surface area contributed by atoms with Gasteiger partial charge in [-0.15, -0.1) is 11.8 Å². The van der Waals surface area contributed by atoms with E-state index < -0.39 is 0 Å². The molecule has 1 aromatic rings. The van der Waals surface area contributed by atoms with Crippen molar-refractivity contribution in [3.63, 3.8) is 0 Å². The van der Waals surface area contributed by atoms with Gasteiger partial charge in [-0.05, 0) is 24.5 Å². The minimum absolute atomic E-state index is 0.0433. The predicted molar refractivity (Wildman–Crippen MR) is 80.4 cm³/mol. The first-order valence-corrected chi connectivity index (χ1v) is 7.96. The quantitative estimate of drug-likeness (QED) is 0.611. The number of anilines is 1. The van der Waals surface area contributed by atoms with Crippen molar-refractivity contribution in [1.82, 2.24) is 0 Å². The summed E-state index contributed by atoms with van der Waals surface area (Å²) in [5.74, 6) is 0.812. The molecule has 1 amide bonds. The van der Waals surface area contributed by atoms with Gasteiger partial charge in [0.15, 0.2) is 0 Å². The highest BCUT2D eigenvalue weighted by Crippen LogP contribution is 2.32. The first kappa shape index (κ1) is 13.2. The van der Waals surface area contributed by atoms with Gasteiger partial charge in [0.1, 0.15) is 4.32 Å². The maximum atomic E-state index is 11.8. The molecule has 2 nitrogen and oxygen atoms in total. The van der Waals surface area contributed by atoms with E-state index in [0.717, 1.165) is 16.3 Å². The standard InChI is InChI=1S/C11H10ClNOS3/c1-16-9-3-2-7(6-8(9)12)13-10(14)4-5-17-11(13)15/h2-3,6H,4-5H2,1H3. The van der Waals surface area contributed by atoms with Crippen LogP contribution in [0.3, 0.4) is 0 Å². The molecule has 1 aliphatic rings. The van der Waals surface area contributed by atoms with E-state index in [-0.39, 0.29) is 5.91 Å². The lowest BCUT2D eigenvalue weighted by Crippen LogP contribution is -2.37. The minimum Gasteiger partial charge on any atom is -0.274 e. The third-order valence-corrected chi connectivity index (χ3v) is 4.96. The monoisotopic (exact) mass is 303 g/mol. The number of thioether (sulfide) groups is 2. The van der Waals surface area contributed by atoms with Gasteiger partial charge in [0.25, 0.3) is 0 Å². The Bertz CT molecular complexity index is 462. The fraction of sp³-hybridized carbons (Fsp3) is 0.273. The Labute approximate surface area is 119 Å². The number of halogens is 1. The van der Waals surface area contributed by atoms with Crippen LogP contribution in [0.5, 0.6) is 0 Å². The molecule has 2 rings (SSSR count). The summed E-state index contributed by atoms with van der Waals surface area (Å²) in [6, 6.07) is 5.59. The third kappa shape index (κ3) is 2.78. The van der Waals surface area contributed by atoms with Gasteiger partial charge in [-0.3, -0.25) is 9.69 Å². The molecule has 1 fully saturated rings. The lowest BCUT2D eigenvalue weighted by Gasteiger charge is -2.27. The highest BCUT2D eigenvalue weighted by molar-refractivity contribution is 8.23. The molecule has 0 bridgehead atoms. The highest BCUT2D eigenvalue weighted by atomic mass is 35.5. The Hall–Kier alpha value is -0.230. The van der Waals surface area contributed by atoms with Crippen LogP contribution in [0.25, 0.3) is 0 Å². The first-order valence-electron chi connectivity index (χ1n) is 4.96. The Balaban J connectivity index is 2.35. The van der Waals surface area contributed by atoms with Crippen molar-refractivity contribution in [3.8, 4) is 0 Å². The summed E-state index contributed by atoms with van der Waals surface area (Å²) in [6.45, 7) is 0. The van der Waals surface area contributed by atoms with Crippen molar-refractivity contribution in [2.75, 3.05) is 16.9 Å². The maximum Gasteiger partial charge on any atom is 0.233 e. The molecule has 6 heteroatoms. The van der Waals surface area contributed by atoms with Gasteiger partial charge in [-0.1, -0.05) is 35.6 Å². The van der Waals surface area contributed by atoms with Crippen LogP contribution in [0.2, 0.25) is 5.02 Å². The molecule has 1 saturated heterocycles. The van der Waals surface area contributed by atoms with E-state index in [1.165, 1.54) is 11.8 Å². The summed E-state index contributed by atoms with van der Waals surface area (Å²) in [4.78, 5) is 14.4. The number of hydrogen-bond acceptors (Lipinski definition) is 4. The first-order chi connectivity index (χ1) is 8.13.